The first-order chi connectivity index (χ1) is 22.9. The average molecular weight is 636 g/mol. The quantitative estimate of drug-likeness (QED) is 0.224. The van der Waals surface area contributed by atoms with Gasteiger partial charge in [-0.05, 0) is 60.4 Å². The Kier molecular flexibility index (Phi) is 9.09. The van der Waals surface area contributed by atoms with Crippen molar-refractivity contribution in [3.8, 4) is 22.3 Å². The minimum absolute atomic E-state index is 0.0609. The molecule has 7 rings (SSSR count). The second-order valence-electron chi connectivity index (χ2n) is 13.3. The minimum Gasteiger partial charge on any atom is -0.395 e. The summed E-state index contributed by atoms with van der Waals surface area (Å²) in [6.07, 6.45) is 10.4. The zero-order valence-corrected chi connectivity index (χ0v) is 27.1. The van der Waals surface area contributed by atoms with Crippen molar-refractivity contribution in [2.24, 2.45) is 7.05 Å². The molecule has 2 atom stereocenters. The van der Waals surface area contributed by atoms with E-state index in [1.165, 1.54) is 29.5 Å². The molecule has 0 unspecified atom stereocenters. The van der Waals surface area contributed by atoms with Crippen molar-refractivity contribution in [2.75, 3.05) is 45.1 Å². The van der Waals surface area contributed by atoms with Crippen LogP contribution in [0.5, 0.6) is 0 Å². The van der Waals surface area contributed by atoms with Crippen LogP contribution in [0.15, 0.2) is 73.2 Å². The Bertz CT molecular complexity index is 1680. The second-order valence-corrected chi connectivity index (χ2v) is 13.3. The third-order valence-corrected chi connectivity index (χ3v) is 10.3. The first kappa shape index (κ1) is 31.5. The van der Waals surface area contributed by atoms with Gasteiger partial charge in [-0.2, -0.15) is 5.10 Å². The standard InChI is InChI=1S/C37H45N7O3/c1-42-24-30(23-40-42)29-21-32(35(38)39-22-29)36(46)41-33-3-2-4-34(33)47-25-26-5-7-27(8-6-26)28-9-11-31(12-10-28)37(13-14-37)44-17-15-43(16-18-44)19-20-45/h5-12,21-24,33-34,45H,2-4,13-20,25H2,1H3,(H2,38,39)(H,41,46)/t33-,34-/m0/s1. The molecule has 2 aromatic heterocycles. The van der Waals surface area contributed by atoms with Crippen LogP contribution in [0.2, 0.25) is 0 Å². The molecule has 0 bridgehead atoms. The monoisotopic (exact) mass is 635 g/mol. The van der Waals surface area contributed by atoms with Gasteiger partial charge < -0.3 is 20.9 Å². The molecule has 47 heavy (non-hydrogen) atoms. The number of carbonyl (C=O) groups is 1. The fourth-order valence-electron chi connectivity index (χ4n) is 7.34. The van der Waals surface area contributed by atoms with Gasteiger partial charge in [-0.25, -0.2) is 4.98 Å². The van der Waals surface area contributed by atoms with Gasteiger partial charge in [0.1, 0.15) is 5.82 Å². The van der Waals surface area contributed by atoms with Gasteiger partial charge in [0.05, 0.1) is 37.1 Å². The number of amides is 1. The minimum atomic E-state index is -0.232. The van der Waals surface area contributed by atoms with E-state index in [1.54, 1.807) is 23.1 Å². The molecule has 2 aromatic carbocycles. The first-order valence-corrected chi connectivity index (χ1v) is 16.9. The lowest BCUT2D eigenvalue weighted by molar-refractivity contribution is 0.0272. The first-order valence-electron chi connectivity index (χ1n) is 16.9. The van der Waals surface area contributed by atoms with Gasteiger partial charge in [0.15, 0.2) is 0 Å². The number of hydrogen-bond donors (Lipinski definition) is 3. The summed E-state index contributed by atoms with van der Waals surface area (Å²) in [6, 6.07) is 19.4. The Morgan fingerprint density at radius 1 is 0.979 bits per heavy atom. The molecule has 2 aliphatic carbocycles. The summed E-state index contributed by atoms with van der Waals surface area (Å²) in [5.41, 5.74) is 13.3. The van der Waals surface area contributed by atoms with E-state index >= 15 is 0 Å². The van der Waals surface area contributed by atoms with E-state index in [0.717, 1.165) is 68.7 Å². The number of aliphatic hydroxyl groups excluding tert-OH is 1. The number of nitrogens with two attached hydrogens (primary N) is 1. The smallest absolute Gasteiger partial charge is 0.255 e. The maximum atomic E-state index is 13.3. The molecule has 1 aliphatic heterocycles. The highest BCUT2D eigenvalue weighted by Crippen LogP contribution is 2.51. The Labute approximate surface area is 276 Å². The maximum Gasteiger partial charge on any atom is 0.255 e. The van der Waals surface area contributed by atoms with Gasteiger partial charge in [-0.15, -0.1) is 0 Å². The number of aryl methyl sites for hydroxylation is 1. The van der Waals surface area contributed by atoms with E-state index in [2.05, 4.69) is 73.7 Å². The number of nitrogens with one attached hydrogen (secondary N) is 1. The topological polar surface area (TPSA) is 122 Å². The summed E-state index contributed by atoms with van der Waals surface area (Å²) < 4.78 is 8.07. The molecule has 4 aromatic rings. The summed E-state index contributed by atoms with van der Waals surface area (Å²) in [6.45, 7) is 5.68. The highest BCUT2D eigenvalue weighted by atomic mass is 16.5. The highest BCUT2D eigenvalue weighted by Gasteiger charge is 2.49. The second kappa shape index (κ2) is 13.6. The van der Waals surface area contributed by atoms with E-state index in [-0.39, 0.29) is 36.0 Å². The van der Waals surface area contributed by atoms with Crippen LogP contribution in [-0.2, 0) is 23.9 Å². The number of rotatable bonds is 11. The summed E-state index contributed by atoms with van der Waals surface area (Å²) in [7, 11) is 1.85. The number of nitrogen functional groups attached to an aromatic ring is 1. The molecule has 0 spiro atoms. The van der Waals surface area contributed by atoms with E-state index in [0.29, 0.717) is 12.2 Å². The van der Waals surface area contributed by atoms with Gasteiger partial charge in [0.2, 0.25) is 0 Å². The number of piperazine rings is 1. The van der Waals surface area contributed by atoms with Crippen molar-refractivity contribution >= 4 is 11.7 Å². The molecule has 3 heterocycles. The number of benzene rings is 2. The van der Waals surface area contributed by atoms with E-state index in [1.807, 2.05) is 13.2 Å². The van der Waals surface area contributed by atoms with Gasteiger partial charge >= 0.3 is 0 Å². The summed E-state index contributed by atoms with van der Waals surface area (Å²) in [5, 5.41) is 16.7. The van der Waals surface area contributed by atoms with Crippen molar-refractivity contribution in [3.63, 3.8) is 0 Å². The van der Waals surface area contributed by atoms with Gasteiger partial charge in [0, 0.05) is 68.8 Å². The molecule has 0 radical (unpaired) electrons. The molecular weight excluding hydrogens is 590 g/mol. The maximum absolute atomic E-state index is 13.3. The third-order valence-electron chi connectivity index (χ3n) is 10.3. The number of pyridine rings is 1. The SMILES string of the molecule is Cn1cc(-c2cnc(N)c(C(=O)N[C@H]3CCC[C@@H]3OCc3ccc(-c4ccc(C5(N6CCN(CCO)CC6)CC5)cc4)cc3)c2)cn1. The van der Waals surface area contributed by atoms with Crippen LogP contribution < -0.4 is 11.1 Å². The average Bonchev–Trinajstić information content (AvgIpc) is 3.60. The third kappa shape index (κ3) is 6.82. The molecule has 1 saturated heterocycles. The van der Waals surface area contributed by atoms with Crippen molar-refractivity contribution < 1.29 is 14.6 Å². The fraction of sp³-hybridized carbons (Fsp3) is 0.432. The van der Waals surface area contributed by atoms with Crippen molar-refractivity contribution in [1.29, 1.82) is 0 Å². The number of β-amino-alcohol motifs (C(OH)–C–C–N with tert-alkyl or cyclic N) is 1. The number of aliphatic hydroxyl groups is 1. The predicted molar refractivity (Wildman–Crippen MR) is 182 cm³/mol. The van der Waals surface area contributed by atoms with Crippen molar-refractivity contribution in [1.82, 2.24) is 29.9 Å². The lowest BCUT2D eigenvalue weighted by Crippen LogP contribution is -2.51. The molecule has 3 fully saturated rings. The zero-order valence-electron chi connectivity index (χ0n) is 27.1. The van der Waals surface area contributed by atoms with Crippen LogP contribution in [0.25, 0.3) is 22.3 Å². The Balaban J connectivity index is 0.932. The number of carbonyl (C=O) groups excluding carboxylic acids is 1. The lowest BCUT2D eigenvalue weighted by atomic mass is 9.97. The molecule has 10 nitrogen and oxygen atoms in total. The lowest BCUT2D eigenvalue weighted by Gasteiger charge is -2.40. The van der Waals surface area contributed by atoms with Crippen LogP contribution >= 0.6 is 0 Å². The van der Waals surface area contributed by atoms with Crippen LogP contribution in [0.1, 0.15) is 53.6 Å². The zero-order chi connectivity index (χ0) is 32.4. The number of ether oxygens (including phenoxy) is 1. The van der Waals surface area contributed by atoms with Crippen LogP contribution in [-0.4, -0.2) is 87.1 Å². The molecule has 3 aliphatic rings. The molecular formula is C37H45N7O3. The summed E-state index contributed by atoms with van der Waals surface area (Å²) >= 11 is 0. The van der Waals surface area contributed by atoms with Crippen molar-refractivity contribution in [2.45, 2.75) is 56.4 Å². The van der Waals surface area contributed by atoms with Gasteiger partial charge in [0.25, 0.3) is 5.91 Å². The molecule has 2 saturated carbocycles. The Hall–Kier alpha value is -4.09. The molecule has 246 valence electrons. The van der Waals surface area contributed by atoms with E-state index < -0.39 is 0 Å². The number of hydrogen-bond acceptors (Lipinski definition) is 8. The molecule has 4 N–H and O–H groups in total. The predicted octanol–water partition coefficient (Wildman–Crippen LogP) is 4.20. The van der Waals surface area contributed by atoms with E-state index in [9.17, 15) is 9.90 Å². The Morgan fingerprint density at radius 3 is 2.36 bits per heavy atom. The Morgan fingerprint density at radius 2 is 1.70 bits per heavy atom. The molecule has 1 amide bonds. The largest absolute Gasteiger partial charge is 0.395 e. The number of nitrogens with zero attached hydrogens (tertiary/aromatic N) is 5. The number of aromatic nitrogens is 3. The highest BCUT2D eigenvalue weighted by molar-refractivity contribution is 5.99. The fourth-order valence-corrected chi connectivity index (χ4v) is 7.34. The summed E-state index contributed by atoms with van der Waals surface area (Å²) in [4.78, 5) is 22.6. The van der Waals surface area contributed by atoms with E-state index in [4.69, 9.17) is 10.5 Å². The number of anilines is 1. The van der Waals surface area contributed by atoms with Gasteiger partial charge in [-0.1, -0.05) is 48.5 Å². The van der Waals surface area contributed by atoms with Gasteiger partial charge in [-0.3, -0.25) is 19.3 Å². The summed E-state index contributed by atoms with van der Waals surface area (Å²) in [5.74, 6) is -0.0226. The van der Waals surface area contributed by atoms with Crippen molar-refractivity contribution in [3.05, 3.63) is 89.9 Å². The molecule has 10 heteroatoms. The van der Waals surface area contributed by atoms with Crippen LogP contribution in [0, 0.1) is 0 Å². The normalized spacial score (nSPS) is 21.1. The van der Waals surface area contributed by atoms with Crippen LogP contribution in [0.3, 0.4) is 0 Å². The van der Waals surface area contributed by atoms with Crippen LogP contribution in [0.4, 0.5) is 5.82 Å².